The van der Waals surface area contributed by atoms with Crippen molar-refractivity contribution < 1.29 is 4.79 Å². The number of nitrogens with zero attached hydrogens (tertiary/aromatic N) is 3. The van der Waals surface area contributed by atoms with E-state index in [2.05, 4.69) is 52.8 Å². The van der Waals surface area contributed by atoms with Gasteiger partial charge >= 0.3 is 0 Å². The summed E-state index contributed by atoms with van der Waals surface area (Å²) in [5.41, 5.74) is 3.20. The maximum absolute atomic E-state index is 12.0. The van der Waals surface area contributed by atoms with E-state index in [1.165, 1.54) is 0 Å². The number of piperazine rings is 1. The highest BCUT2D eigenvalue weighted by Crippen LogP contribution is 2.23. The first kappa shape index (κ1) is 18.9. The zero-order valence-electron chi connectivity index (χ0n) is 15.5. The molecule has 5 heteroatoms. The molecular weight excluding hydrogens is 312 g/mol. The molecule has 0 aliphatic carbocycles. The molecule has 1 N–H and O–H groups in total. The van der Waals surface area contributed by atoms with Crippen LogP contribution in [0.1, 0.15) is 17.5 Å². The van der Waals surface area contributed by atoms with E-state index in [1.54, 1.807) is 13.2 Å². The molecule has 0 atom stereocenters. The van der Waals surface area contributed by atoms with Gasteiger partial charge in [-0.3, -0.25) is 4.79 Å². The third-order valence-corrected chi connectivity index (χ3v) is 4.48. The second kappa shape index (κ2) is 9.18. The van der Waals surface area contributed by atoms with Crippen LogP contribution in [0, 0.1) is 6.92 Å². The van der Waals surface area contributed by atoms with Gasteiger partial charge < -0.3 is 15.1 Å². The van der Waals surface area contributed by atoms with E-state index >= 15 is 0 Å². The van der Waals surface area contributed by atoms with Crippen molar-refractivity contribution in [2.24, 2.45) is 4.99 Å². The summed E-state index contributed by atoms with van der Waals surface area (Å²) in [5.74, 6) is 0.857. The summed E-state index contributed by atoms with van der Waals surface area (Å²) in [7, 11) is 3.79. The molecule has 2 rings (SSSR count). The Bertz CT molecular complexity index is 670. The van der Waals surface area contributed by atoms with Gasteiger partial charge in [-0.25, -0.2) is 4.99 Å². The topological polar surface area (TPSA) is 47.9 Å². The number of rotatable bonds is 5. The van der Waals surface area contributed by atoms with Crippen LogP contribution in [0.5, 0.6) is 0 Å². The molecule has 1 aromatic carbocycles. The maximum atomic E-state index is 12.0. The number of likely N-dealkylation sites (N-methyl/N-ethyl adjacent to an activating group) is 1. The molecule has 1 heterocycles. The lowest BCUT2D eigenvalue weighted by atomic mass is 9.97. The molecule has 1 fully saturated rings. The summed E-state index contributed by atoms with van der Waals surface area (Å²) in [6.07, 6.45) is 3.93. The summed E-state index contributed by atoms with van der Waals surface area (Å²) in [6.45, 7) is 9.65. The quantitative estimate of drug-likeness (QED) is 0.661. The van der Waals surface area contributed by atoms with Crippen molar-refractivity contribution in [1.29, 1.82) is 0 Å². The normalized spacial score (nSPS) is 16.7. The Morgan fingerprint density at radius 2 is 1.96 bits per heavy atom. The second-order valence-corrected chi connectivity index (χ2v) is 6.29. The fourth-order valence-electron chi connectivity index (χ4n) is 2.91. The van der Waals surface area contributed by atoms with E-state index < -0.39 is 0 Å². The lowest BCUT2D eigenvalue weighted by Gasteiger charge is -2.34. The molecule has 1 aromatic rings. The first-order chi connectivity index (χ1) is 12.0. The van der Waals surface area contributed by atoms with Gasteiger partial charge in [-0.15, -0.1) is 0 Å². The van der Waals surface area contributed by atoms with E-state index in [1.807, 2.05) is 18.2 Å². The van der Waals surface area contributed by atoms with Crippen molar-refractivity contribution in [1.82, 2.24) is 15.1 Å². The summed E-state index contributed by atoms with van der Waals surface area (Å²) < 4.78 is 0. The Labute approximate surface area is 150 Å². The molecule has 1 amide bonds. The monoisotopic (exact) mass is 340 g/mol. The minimum atomic E-state index is -0.00849. The van der Waals surface area contributed by atoms with Crippen LogP contribution < -0.4 is 5.32 Å². The lowest BCUT2D eigenvalue weighted by molar-refractivity contribution is -0.119. The van der Waals surface area contributed by atoms with Crippen molar-refractivity contribution in [3.8, 4) is 0 Å². The summed E-state index contributed by atoms with van der Waals surface area (Å²) in [6, 6.07) is 8.13. The molecular formula is C20H28N4O. The maximum Gasteiger partial charge on any atom is 0.224 e. The van der Waals surface area contributed by atoms with Gasteiger partial charge in [0.15, 0.2) is 0 Å². The molecule has 5 nitrogen and oxygen atoms in total. The average Bonchev–Trinajstić information content (AvgIpc) is 2.61. The lowest BCUT2D eigenvalue weighted by Crippen LogP contribution is -2.46. The van der Waals surface area contributed by atoms with Crippen LogP contribution in [0.4, 0.5) is 0 Å². The molecule has 0 radical (unpaired) electrons. The van der Waals surface area contributed by atoms with Crippen LogP contribution >= 0.6 is 0 Å². The highest BCUT2D eigenvalue weighted by atomic mass is 16.1. The molecule has 25 heavy (non-hydrogen) atoms. The zero-order valence-corrected chi connectivity index (χ0v) is 15.5. The number of nitrogens with one attached hydrogen (secondary N) is 1. The SMILES string of the molecule is C=CN=C(/C=C(\CC(=O)NC)c1ccccc1C)N1CCN(C)CC1. The fraction of sp³-hybridized carbons (Fsp3) is 0.400. The van der Waals surface area contributed by atoms with Crippen molar-refractivity contribution in [3.05, 3.63) is 54.2 Å². The van der Waals surface area contributed by atoms with E-state index in [-0.39, 0.29) is 5.91 Å². The number of amidine groups is 1. The van der Waals surface area contributed by atoms with Crippen molar-refractivity contribution in [2.75, 3.05) is 40.3 Å². The Kier molecular flexibility index (Phi) is 6.95. The summed E-state index contributed by atoms with van der Waals surface area (Å²) >= 11 is 0. The van der Waals surface area contributed by atoms with Crippen LogP contribution in [-0.4, -0.2) is 61.8 Å². The number of amides is 1. The van der Waals surface area contributed by atoms with Crippen LogP contribution in [0.25, 0.3) is 5.57 Å². The molecule has 0 saturated carbocycles. The molecule has 0 spiro atoms. The molecule has 1 aliphatic rings. The van der Waals surface area contributed by atoms with Gasteiger partial charge in [-0.05, 0) is 36.7 Å². The zero-order chi connectivity index (χ0) is 18.2. The summed E-state index contributed by atoms with van der Waals surface area (Å²) in [5, 5.41) is 2.72. The van der Waals surface area contributed by atoms with E-state index in [9.17, 15) is 4.79 Å². The smallest absolute Gasteiger partial charge is 0.224 e. The van der Waals surface area contributed by atoms with Crippen molar-refractivity contribution in [3.63, 3.8) is 0 Å². The highest BCUT2D eigenvalue weighted by molar-refractivity contribution is 6.03. The molecule has 1 aliphatic heterocycles. The van der Waals surface area contributed by atoms with Gasteiger partial charge in [0, 0.05) is 39.4 Å². The molecule has 0 bridgehead atoms. The first-order valence-corrected chi connectivity index (χ1v) is 8.64. The summed E-state index contributed by atoms with van der Waals surface area (Å²) in [4.78, 5) is 21.1. The number of benzene rings is 1. The number of hydrogen-bond donors (Lipinski definition) is 1. The second-order valence-electron chi connectivity index (χ2n) is 6.29. The molecule has 134 valence electrons. The fourth-order valence-corrected chi connectivity index (χ4v) is 2.91. The number of carbonyl (C=O) groups is 1. The predicted molar refractivity (Wildman–Crippen MR) is 105 cm³/mol. The van der Waals surface area contributed by atoms with Gasteiger partial charge in [-0.1, -0.05) is 30.8 Å². The number of carbonyl (C=O) groups excluding carboxylic acids is 1. The average molecular weight is 340 g/mol. The van der Waals surface area contributed by atoms with Gasteiger partial charge in [-0.2, -0.15) is 0 Å². The minimum Gasteiger partial charge on any atom is -0.359 e. The third kappa shape index (κ3) is 5.29. The first-order valence-electron chi connectivity index (χ1n) is 8.64. The predicted octanol–water partition coefficient (Wildman–Crippen LogP) is 2.30. The third-order valence-electron chi connectivity index (χ3n) is 4.48. The van der Waals surface area contributed by atoms with Crippen LogP contribution in [0.15, 0.2) is 48.1 Å². The Morgan fingerprint density at radius 3 is 2.56 bits per heavy atom. The van der Waals surface area contributed by atoms with Crippen molar-refractivity contribution >= 4 is 17.3 Å². The van der Waals surface area contributed by atoms with Crippen LogP contribution in [0.3, 0.4) is 0 Å². The number of hydrogen-bond acceptors (Lipinski definition) is 3. The van der Waals surface area contributed by atoms with E-state index in [4.69, 9.17) is 0 Å². The van der Waals surface area contributed by atoms with Crippen molar-refractivity contribution in [2.45, 2.75) is 13.3 Å². The van der Waals surface area contributed by atoms with Gasteiger partial charge in [0.2, 0.25) is 5.91 Å². The van der Waals surface area contributed by atoms with Gasteiger partial charge in [0.05, 0.1) is 6.42 Å². The highest BCUT2D eigenvalue weighted by Gasteiger charge is 2.18. The standard InChI is InChI=1S/C20H28N4O/c1-5-22-19(24-12-10-23(4)11-13-24)14-17(15-20(25)21-3)18-9-7-6-8-16(18)2/h5-9,14H,1,10-13,15H2,2-4H3,(H,21,25)/b17-14+,22-19?. The number of aliphatic imine (C=N–C) groups is 1. The molecule has 0 aromatic heterocycles. The minimum absolute atomic E-state index is 0.00849. The van der Waals surface area contributed by atoms with Crippen LogP contribution in [0.2, 0.25) is 0 Å². The molecule has 1 saturated heterocycles. The van der Waals surface area contributed by atoms with E-state index in [0.717, 1.165) is 48.7 Å². The Morgan fingerprint density at radius 1 is 1.28 bits per heavy atom. The van der Waals surface area contributed by atoms with E-state index in [0.29, 0.717) is 6.42 Å². The van der Waals surface area contributed by atoms with Gasteiger partial charge in [0.25, 0.3) is 0 Å². The Balaban J connectivity index is 2.38. The number of aryl methyl sites for hydroxylation is 1. The largest absolute Gasteiger partial charge is 0.359 e. The van der Waals surface area contributed by atoms with Crippen LogP contribution in [-0.2, 0) is 4.79 Å². The van der Waals surface area contributed by atoms with Gasteiger partial charge in [0.1, 0.15) is 5.84 Å². The molecule has 0 unspecified atom stereocenters. The Hall–Kier alpha value is -2.40.